The molecule has 3 rings (SSSR count). The summed E-state index contributed by atoms with van der Waals surface area (Å²) in [5.41, 5.74) is 7.87. The number of amides is 1. The summed E-state index contributed by atoms with van der Waals surface area (Å²) in [7, 11) is 3.68. The van der Waals surface area contributed by atoms with Gasteiger partial charge in [-0.2, -0.15) is 5.10 Å². The largest absolute Gasteiger partial charge is 0.497 e. The van der Waals surface area contributed by atoms with Gasteiger partial charge >= 0.3 is 0 Å². The van der Waals surface area contributed by atoms with E-state index >= 15 is 0 Å². The van der Waals surface area contributed by atoms with E-state index in [4.69, 9.17) is 10.5 Å². The van der Waals surface area contributed by atoms with Gasteiger partial charge < -0.3 is 15.0 Å². The lowest BCUT2D eigenvalue weighted by atomic mass is 10.1. The Morgan fingerprint density at radius 2 is 2.18 bits per heavy atom. The van der Waals surface area contributed by atoms with Crippen molar-refractivity contribution in [2.45, 2.75) is 13.0 Å². The Morgan fingerprint density at radius 1 is 1.36 bits per heavy atom. The minimum atomic E-state index is -0.504. The molecule has 2 aromatic heterocycles. The molecule has 0 saturated carbocycles. The highest BCUT2D eigenvalue weighted by Crippen LogP contribution is 2.25. The van der Waals surface area contributed by atoms with Crippen molar-refractivity contribution in [2.24, 2.45) is 12.8 Å². The van der Waals surface area contributed by atoms with Crippen LogP contribution in [0.1, 0.15) is 16.1 Å². The number of primary amides is 1. The van der Waals surface area contributed by atoms with E-state index in [9.17, 15) is 4.79 Å². The molecule has 6 nitrogen and oxygen atoms in total. The SMILES string of the molecule is COc1ccc2c(CCn3ccc(C(N)=O)n3)cn(C)c2c1. The summed E-state index contributed by atoms with van der Waals surface area (Å²) < 4.78 is 9.10. The van der Waals surface area contributed by atoms with Gasteiger partial charge in [0, 0.05) is 37.4 Å². The highest BCUT2D eigenvalue weighted by Gasteiger charge is 2.09. The molecule has 1 aromatic carbocycles. The normalized spacial score (nSPS) is 11.0. The third-order valence-corrected chi connectivity index (χ3v) is 3.78. The summed E-state index contributed by atoms with van der Waals surface area (Å²) >= 11 is 0. The van der Waals surface area contributed by atoms with E-state index in [0.717, 1.165) is 17.7 Å². The van der Waals surface area contributed by atoms with Gasteiger partial charge in [0.25, 0.3) is 5.91 Å². The Kier molecular flexibility index (Phi) is 3.58. The lowest BCUT2D eigenvalue weighted by molar-refractivity contribution is 0.0994. The number of methoxy groups -OCH3 is 1. The molecule has 0 aliphatic carbocycles. The molecule has 22 heavy (non-hydrogen) atoms. The van der Waals surface area contributed by atoms with Crippen LogP contribution < -0.4 is 10.5 Å². The molecule has 0 saturated heterocycles. The second kappa shape index (κ2) is 5.55. The Morgan fingerprint density at radius 3 is 2.86 bits per heavy atom. The molecule has 0 radical (unpaired) electrons. The van der Waals surface area contributed by atoms with Crippen molar-refractivity contribution in [2.75, 3.05) is 7.11 Å². The van der Waals surface area contributed by atoms with Crippen molar-refractivity contribution < 1.29 is 9.53 Å². The second-order valence-corrected chi connectivity index (χ2v) is 5.23. The average Bonchev–Trinajstić information content (AvgIpc) is 3.10. The molecule has 2 N–H and O–H groups in total. The van der Waals surface area contributed by atoms with Crippen LogP contribution in [0.3, 0.4) is 0 Å². The van der Waals surface area contributed by atoms with Gasteiger partial charge in [0.1, 0.15) is 11.4 Å². The maximum atomic E-state index is 11.1. The number of hydrogen-bond donors (Lipinski definition) is 1. The standard InChI is InChI=1S/C16H18N4O2/c1-19-10-11(13-4-3-12(22-2)9-15(13)19)5-7-20-8-6-14(18-20)16(17)21/h3-4,6,8-10H,5,7H2,1-2H3,(H2,17,21). The summed E-state index contributed by atoms with van der Waals surface area (Å²) in [6, 6.07) is 7.70. The van der Waals surface area contributed by atoms with Gasteiger partial charge in [-0.25, -0.2) is 0 Å². The zero-order valence-corrected chi connectivity index (χ0v) is 12.6. The first kappa shape index (κ1) is 14.2. The van der Waals surface area contributed by atoms with Crippen LogP contribution in [0.25, 0.3) is 10.9 Å². The summed E-state index contributed by atoms with van der Waals surface area (Å²) in [5.74, 6) is 0.342. The number of nitrogens with zero attached hydrogens (tertiary/aromatic N) is 3. The van der Waals surface area contributed by atoms with E-state index in [-0.39, 0.29) is 0 Å². The zero-order valence-electron chi connectivity index (χ0n) is 12.6. The lowest BCUT2D eigenvalue weighted by Gasteiger charge is -2.02. The number of carbonyl (C=O) groups excluding carboxylic acids is 1. The number of aryl methyl sites for hydroxylation is 3. The summed E-state index contributed by atoms with van der Waals surface area (Å²) in [4.78, 5) is 11.1. The average molecular weight is 298 g/mol. The van der Waals surface area contributed by atoms with Crippen molar-refractivity contribution in [1.29, 1.82) is 0 Å². The Labute approximate surface area is 128 Å². The molecule has 0 atom stereocenters. The van der Waals surface area contributed by atoms with Crippen molar-refractivity contribution in [3.05, 3.63) is 47.9 Å². The van der Waals surface area contributed by atoms with Crippen molar-refractivity contribution in [1.82, 2.24) is 14.3 Å². The van der Waals surface area contributed by atoms with Crippen LogP contribution >= 0.6 is 0 Å². The van der Waals surface area contributed by atoms with Crippen LogP contribution in [0.15, 0.2) is 36.7 Å². The monoisotopic (exact) mass is 298 g/mol. The van der Waals surface area contributed by atoms with Gasteiger partial charge in [0.15, 0.2) is 0 Å². The third-order valence-electron chi connectivity index (χ3n) is 3.78. The first-order valence-corrected chi connectivity index (χ1v) is 7.03. The summed E-state index contributed by atoms with van der Waals surface area (Å²) in [6.45, 7) is 0.693. The topological polar surface area (TPSA) is 75.1 Å². The fourth-order valence-electron chi connectivity index (χ4n) is 2.63. The molecule has 0 fully saturated rings. The number of fused-ring (bicyclic) bond motifs is 1. The van der Waals surface area contributed by atoms with Gasteiger partial charge in [0.05, 0.1) is 12.6 Å². The van der Waals surface area contributed by atoms with Gasteiger partial charge in [0.2, 0.25) is 0 Å². The fourth-order valence-corrected chi connectivity index (χ4v) is 2.63. The first-order chi connectivity index (χ1) is 10.6. The zero-order chi connectivity index (χ0) is 15.7. The molecule has 2 heterocycles. The first-order valence-electron chi connectivity index (χ1n) is 7.03. The van der Waals surface area contributed by atoms with Crippen molar-refractivity contribution >= 4 is 16.8 Å². The fraction of sp³-hybridized carbons (Fsp3) is 0.250. The minimum Gasteiger partial charge on any atom is -0.497 e. The molecular formula is C16H18N4O2. The Balaban J connectivity index is 1.83. The number of nitrogens with two attached hydrogens (primary N) is 1. The van der Waals surface area contributed by atoms with Gasteiger partial charge in [-0.1, -0.05) is 0 Å². The van der Waals surface area contributed by atoms with Crippen LogP contribution in [0.5, 0.6) is 5.75 Å². The molecule has 0 aliphatic heterocycles. The van der Waals surface area contributed by atoms with Crippen LogP contribution in [0, 0.1) is 0 Å². The number of benzene rings is 1. The molecule has 0 aliphatic rings. The van der Waals surface area contributed by atoms with Crippen molar-refractivity contribution in [3.8, 4) is 5.75 Å². The highest BCUT2D eigenvalue weighted by molar-refractivity contribution is 5.90. The second-order valence-electron chi connectivity index (χ2n) is 5.23. The van der Waals surface area contributed by atoms with Crippen LogP contribution in [0.2, 0.25) is 0 Å². The number of carbonyl (C=O) groups is 1. The molecule has 6 heteroatoms. The number of aromatic nitrogens is 3. The van der Waals surface area contributed by atoms with Crippen LogP contribution in [-0.2, 0) is 20.0 Å². The predicted octanol–water partition coefficient (Wildman–Crippen LogP) is 1.72. The smallest absolute Gasteiger partial charge is 0.269 e. The van der Waals surface area contributed by atoms with Crippen molar-refractivity contribution in [3.63, 3.8) is 0 Å². The molecule has 1 amide bonds. The Bertz CT molecular complexity index is 832. The van der Waals surface area contributed by atoms with E-state index in [2.05, 4.69) is 21.9 Å². The van der Waals surface area contributed by atoms with Crippen LogP contribution in [0.4, 0.5) is 0 Å². The Hall–Kier alpha value is -2.76. The number of rotatable bonds is 5. The molecule has 0 bridgehead atoms. The van der Waals surface area contributed by atoms with Gasteiger partial charge in [-0.05, 0) is 30.2 Å². The lowest BCUT2D eigenvalue weighted by Crippen LogP contribution is -2.12. The summed E-state index contributed by atoms with van der Waals surface area (Å²) in [6.07, 6.45) is 4.71. The van der Waals surface area contributed by atoms with Gasteiger partial charge in [-0.3, -0.25) is 9.48 Å². The third kappa shape index (κ3) is 2.55. The minimum absolute atomic E-state index is 0.294. The van der Waals surface area contributed by atoms with Gasteiger partial charge in [-0.15, -0.1) is 0 Å². The molecule has 3 aromatic rings. The van der Waals surface area contributed by atoms with E-state index in [0.29, 0.717) is 12.2 Å². The van der Waals surface area contributed by atoms with E-state index in [1.165, 1.54) is 10.9 Å². The molecule has 0 unspecified atom stereocenters. The predicted molar refractivity (Wildman–Crippen MR) is 83.9 cm³/mol. The van der Waals surface area contributed by atoms with E-state index in [1.54, 1.807) is 24.1 Å². The molecule has 114 valence electrons. The summed E-state index contributed by atoms with van der Waals surface area (Å²) in [5, 5.41) is 5.35. The number of ether oxygens (including phenoxy) is 1. The maximum Gasteiger partial charge on any atom is 0.269 e. The maximum absolute atomic E-state index is 11.1. The molecular weight excluding hydrogens is 280 g/mol. The quantitative estimate of drug-likeness (QED) is 0.779. The van der Waals surface area contributed by atoms with E-state index < -0.39 is 5.91 Å². The number of hydrogen-bond acceptors (Lipinski definition) is 3. The van der Waals surface area contributed by atoms with E-state index in [1.807, 2.05) is 19.2 Å². The molecule has 0 spiro atoms. The highest BCUT2D eigenvalue weighted by atomic mass is 16.5. The van der Waals surface area contributed by atoms with Crippen LogP contribution in [-0.4, -0.2) is 27.4 Å².